The number of urea groups is 1. The number of carbonyl (C=O) groups is 3. The molecule has 0 saturated carbocycles. The zero-order valence-electron chi connectivity index (χ0n) is 17.8. The summed E-state index contributed by atoms with van der Waals surface area (Å²) >= 11 is 7.47. The lowest BCUT2D eigenvalue weighted by molar-refractivity contribution is -0.133. The molecule has 2 aromatic carbocycles. The normalized spacial score (nSPS) is 17.9. The Morgan fingerprint density at radius 1 is 1.24 bits per heavy atom. The van der Waals surface area contributed by atoms with Crippen molar-refractivity contribution in [2.45, 2.75) is 25.8 Å². The van der Waals surface area contributed by atoms with Crippen molar-refractivity contribution in [2.24, 2.45) is 0 Å². The molecule has 1 aromatic heterocycles. The first-order chi connectivity index (χ1) is 15.7. The quantitative estimate of drug-likeness (QED) is 0.510. The Balaban J connectivity index is 1.39. The Labute approximate surface area is 198 Å². The third-order valence-corrected chi connectivity index (χ3v) is 6.73. The van der Waals surface area contributed by atoms with E-state index in [0.717, 1.165) is 20.9 Å². The van der Waals surface area contributed by atoms with Crippen LogP contribution >= 0.6 is 22.9 Å². The van der Waals surface area contributed by atoms with Crippen molar-refractivity contribution in [3.8, 4) is 0 Å². The smallest absolute Gasteiger partial charge is 0.319 e. The van der Waals surface area contributed by atoms with Crippen LogP contribution in [0, 0.1) is 12.7 Å². The Kier molecular flexibility index (Phi) is 6.18. The predicted molar refractivity (Wildman–Crippen MR) is 124 cm³/mol. The first-order valence-corrected chi connectivity index (χ1v) is 11.2. The molecule has 1 aliphatic heterocycles. The van der Waals surface area contributed by atoms with Gasteiger partial charge in [0.05, 0.1) is 0 Å². The number of thiazole rings is 1. The number of nitrogens with zero attached hydrogens (tertiary/aromatic N) is 2. The van der Waals surface area contributed by atoms with Crippen LogP contribution in [0.2, 0.25) is 5.02 Å². The highest BCUT2D eigenvalue weighted by molar-refractivity contribution is 7.15. The van der Waals surface area contributed by atoms with E-state index in [2.05, 4.69) is 15.6 Å². The van der Waals surface area contributed by atoms with Crippen LogP contribution in [0.5, 0.6) is 0 Å². The van der Waals surface area contributed by atoms with E-state index in [1.165, 1.54) is 42.5 Å². The van der Waals surface area contributed by atoms with Gasteiger partial charge in [0.1, 0.15) is 17.9 Å². The summed E-state index contributed by atoms with van der Waals surface area (Å²) in [5.74, 6) is -1.60. The number of nitrogens with one attached hydrogen (secondary N) is 2. The molecule has 1 saturated heterocycles. The van der Waals surface area contributed by atoms with Gasteiger partial charge in [0, 0.05) is 22.5 Å². The number of halogens is 2. The van der Waals surface area contributed by atoms with Crippen molar-refractivity contribution < 1.29 is 18.8 Å². The standard InChI is InChI=1S/C23H20ClFN4O3S/c1-13-3-4-14(10-18(13)24)9-17-11-26-21(33-17)27-19(30)12-29-20(31)23(2,28-22(29)32)15-5-7-16(25)8-6-15/h3-8,10-11H,9,12H2,1-2H3,(H,28,32)(H,26,27,30). The first-order valence-electron chi connectivity index (χ1n) is 10.1. The van der Waals surface area contributed by atoms with Gasteiger partial charge < -0.3 is 10.6 Å². The zero-order chi connectivity index (χ0) is 23.8. The van der Waals surface area contributed by atoms with E-state index in [9.17, 15) is 18.8 Å². The lowest BCUT2D eigenvalue weighted by atomic mass is 9.92. The van der Waals surface area contributed by atoms with Gasteiger partial charge >= 0.3 is 6.03 Å². The molecular weight excluding hydrogens is 467 g/mol. The minimum Gasteiger partial charge on any atom is -0.319 e. The molecule has 0 aliphatic carbocycles. The summed E-state index contributed by atoms with van der Waals surface area (Å²) in [5, 5.41) is 6.27. The summed E-state index contributed by atoms with van der Waals surface area (Å²) in [5.41, 5.74) is 1.06. The van der Waals surface area contributed by atoms with Crippen LogP contribution in [0.15, 0.2) is 48.7 Å². The molecule has 33 heavy (non-hydrogen) atoms. The number of anilines is 1. The number of aryl methyl sites for hydroxylation is 1. The minimum atomic E-state index is -1.38. The molecule has 0 spiro atoms. The first kappa shape index (κ1) is 22.9. The van der Waals surface area contributed by atoms with Gasteiger partial charge in [-0.2, -0.15) is 0 Å². The number of hydrogen-bond donors (Lipinski definition) is 2. The summed E-state index contributed by atoms with van der Waals surface area (Å²) in [6.07, 6.45) is 2.27. The minimum absolute atomic E-state index is 0.363. The maximum Gasteiger partial charge on any atom is 0.325 e. The average molecular weight is 487 g/mol. The van der Waals surface area contributed by atoms with Gasteiger partial charge in [-0.15, -0.1) is 11.3 Å². The summed E-state index contributed by atoms with van der Waals surface area (Å²) in [6, 6.07) is 10.4. The van der Waals surface area contributed by atoms with Crippen molar-refractivity contribution in [3.63, 3.8) is 0 Å². The monoisotopic (exact) mass is 486 g/mol. The summed E-state index contributed by atoms with van der Waals surface area (Å²) in [6.45, 7) is 2.98. The third kappa shape index (κ3) is 4.74. The molecule has 1 aliphatic rings. The number of carbonyl (C=O) groups excluding carboxylic acids is 3. The lowest BCUT2D eigenvalue weighted by Crippen LogP contribution is -2.42. The zero-order valence-corrected chi connectivity index (χ0v) is 19.4. The number of benzene rings is 2. The van der Waals surface area contributed by atoms with E-state index in [-0.39, 0.29) is 0 Å². The lowest BCUT2D eigenvalue weighted by Gasteiger charge is -2.22. The average Bonchev–Trinajstić information content (AvgIpc) is 3.28. The molecule has 3 aromatic rings. The van der Waals surface area contributed by atoms with Crippen LogP contribution in [0.4, 0.5) is 14.3 Å². The van der Waals surface area contributed by atoms with Gasteiger partial charge in [-0.05, 0) is 48.7 Å². The molecule has 1 unspecified atom stereocenters. The molecule has 0 bridgehead atoms. The molecule has 4 rings (SSSR count). The number of amides is 4. The van der Waals surface area contributed by atoms with Crippen LogP contribution in [0.25, 0.3) is 0 Å². The van der Waals surface area contributed by atoms with Crippen molar-refractivity contribution in [3.05, 3.63) is 81.1 Å². The van der Waals surface area contributed by atoms with Crippen LogP contribution in [0.3, 0.4) is 0 Å². The van der Waals surface area contributed by atoms with E-state index in [1.807, 2.05) is 25.1 Å². The highest BCUT2D eigenvalue weighted by Crippen LogP contribution is 2.29. The van der Waals surface area contributed by atoms with E-state index in [1.54, 1.807) is 6.20 Å². The Hall–Kier alpha value is -3.30. The fourth-order valence-electron chi connectivity index (χ4n) is 3.52. The molecular formula is C23H20ClFN4O3S. The van der Waals surface area contributed by atoms with E-state index in [0.29, 0.717) is 22.1 Å². The van der Waals surface area contributed by atoms with Gasteiger partial charge in [0.25, 0.3) is 5.91 Å². The van der Waals surface area contributed by atoms with Crippen LogP contribution in [-0.2, 0) is 21.5 Å². The number of imide groups is 1. The predicted octanol–water partition coefficient (Wildman–Crippen LogP) is 4.24. The molecule has 1 fully saturated rings. The molecule has 170 valence electrons. The van der Waals surface area contributed by atoms with Gasteiger partial charge in [-0.25, -0.2) is 14.2 Å². The molecule has 7 nitrogen and oxygen atoms in total. The highest BCUT2D eigenvalue weighted by Gasteiger charge is 2.49. The number of aromatic nitrogens is 1. The Morgan fingerprint density at radius 3 is 2.67 bits per heavy atom. The summed E-state index contributed by atoms with van der Waals surface area (Å²) < 4.78 is 13.2. The maximum atomic E-state index is 13.2. The van der Waals surface area contributed by atoms with Crippen LogP contribution < -0.4 is 10.6 Å². The second-order valence-corrected chi connectivity index (χ2v) is 9.42. The van der Waals surface area contributed by atoms with E-state index >= 15 is 0 Å². The van der Waals surface area contributed by atoms with E-state index in [4.69, 9.17) is 11.6 Å². The summed E-state index contributed by atoms with van der Waals surface area (Å²) in [4.78, 5) is 43.8. The van der Waals surface area contributed by atoms with Crippen LogP contribution in [-0.4, -0.2) is 34.3 Å². The third-order valence-electron chi connectivity index (χ3n) is 5.41. The van der Waals surface area contributed by atoms with Gasteiger partial charge in [-0.3, -0.25) is 14.5 Å². The topological polar surface area (TPSA) is 91.4 Å². The SMILES string of the molecule is Cc1ccc(Cc2cnc(NC(=O)CN3C(=O)NC(C)(c4ccc(F)cc4)C3=O)s2)cc1Cl. The van der Waals surface area contributed by atoms with Crippen molar-refractivity contribution in [1.82, 2.24) is 15.2 Å². The van der Waals surface area contributed by atoms with Crippen LogP contribution in [0.1, 0.15) is 28.5 Å². The highest BCUT2D eigenvalue weighted by atomic mass is 35.5. The van der Waals surface area contributed by atoms with Crippen molar-refractivity contribution in [1.29, 1.82) is 0 Å². The molecule has 2 N–H and O–H groups in total. The fourth-order valence-corrected chi connectivity index (χ4v) is 4.58. The molecule has 2 heterocycles. The largest absolute Gasteiger partial charge is 0.325 e. The van der Waals surface area contributed by atoms with Crippen molar-refractivity contribution >= 4 is 45.9 Å². The second-order valence-electron chi connectivity index (χ2n) is 7.89. The second kappa shape index (κ2) is 8.92. The van der Waals surface area contributed by atoms with E-state index < -0.39 is 35.7 Å². The van der Waals surface area contributed by atoms with Gasteiger partial charge in [0.2, 0.25) is 5.91 Å². The fraction of sp³-hybridized carbons (Fsp3) is 0.217. The van der Waals surface area contributed by atoms with Crippen molar-refractivity contribution in [2.75, 3.05) is 11.9 Å². The summed E-state index contributed by atoms with van der Waals surface area (Å²) in [7, 11) is 0. The Bertz CT molecular complexity index is 1250. The maximum absolute atomic E-state index is 13.2. The molecule has 10 heteroatoms. The molecule has 0 radical (unpaired) electrons. The molecule has 1 atom stereocenters. The van der Waals surface area contributed by atoms with Gasteiger partial charge in [0.15, 0.2) is 5.13 Å². The van der Waals surface area contributed by atoms with Gasteiger partial charge in [-0.1, -0.05) is 35.9 Å². The Morgan fingerprint density at radius 2 is 1.97 bits per heavy atom. The number of rotatable bonds is 6. The number of hydrogen-bond acceptors (Lipinski definition) is 5. The molecule has 4 amide bonds.